The molecule has 150 valence electrons. The molecule has 0 saturated carbocycles. The van der Waals surface area contributed by atoms with E-state index in [1.807, 2.05) is 30.3 Å². The summed E-state index contributed by atoms with van der Waals surface area (Å²) in [6.45, 7) is 3.58. The van der Waals surface area contributed by atoms with Crippen molar-refractivity contribution in [3.8, 4) is 17.5 Å². The van der Waals surface area contributed by atoms with Crippen molar-refractivity contribution in [2.24, 2.45) is 0 Å². The Morgan fingerprint density at radius 2 is 1.70 bits per heavy atom. The molecule has 7 heteroatoms. The number of hydrogen-bond acceptors (Lipinski definition) is 6. The Hall–Kier alpha value is -3.76. The number of rotatable bonds is 4. The maximum absolute atomic E-state index is 12.9. The summed E-state index contributed by atoms with van der Waals surface area (Å²) in [6.07, 6.45) is 0. The smallest absolute Gasteiger partial charge is 0.274 e. The van der Waals surface area contributed by atoms with Crippen LogP contribution in [0, 0.1) is 11.3 Å². The number of piperazine rings is 1. The first kappa shape index (κ1) is 19.6. The SMILES string of the molecule is CN1CCN(c2cc(C(=O)Nc3ccc(C#N)cc3)nc(-c3ccccc3)n2)CC1. The molecule has 1 saturated heterocycles. The second kappa shape index (κ2) is 8.72. The van der Waals surface area contributed by atoms with Gasteiger partial charge in [0.2, 0.25) is 0 Å². The number of carbonyl (C=O) groups excluding carboxylic acids is 1. The van der Waals surface area contributed by atoms with Crippen molar-refractivity contribution in [3.63, 3.8) is 0 Å². The second-order valence-electron chi connectivity index (χ2n) is 7.23. The van der Waals surface area contributed by atoms with Gasteiger partial charge in [-0.15, -0.1) is 0 Å². The lowest BCUT2D eigenvalue weighted by Crippen LogP contribution is -2.45. The summed E-state index contributed by atoms with van der Waals surface area (Å²) in [5.41, 5.74) is 2.32. The van der Waals surface area contributed by atoms with Crippen LogP contribution in [0.4, 0.5) is 11.5 Å². The summed E-state index contributed by atoms with van der Waals surface area (Å²) in [4.78, 5) is 26.7. The zero-order valence-corrected chi connectivity index (χ0v) is 16.7. The molecule has 4 rings (SSSR count). The molecule has 1 aromatic heterocycles. The van der Waals surface area contributed by atoms with E-state index < -0.39 is 0 Å². The van der Waals surface area contributed by atoms with E-state index in [4.69, 9.17) is 10.2 Å². The molecule has 30 heavy (non-hydrogen) atoms. The van der Waals surface area contributed by atoms with E-state index >= 15 is 0 Å². The third-order valence-electron chi connectivity index (χ3n) is 5.08. The van der Waals surface area contributed by atoms with Crippen molar-refractivity contribution < 1.29 is 4.79 Å². The summed E-state index contributed by atoms with van der Waals surface area (Å²) in [6, 6.07) is 20.2. The highest BCUT2D eigenvalue weighted by Crippen LogP contribution is 2.22. The highest BCUT2D eigenvalue weighted by atomic mass is 16.1. The molecule has 0 spiro atoms. The van der Waals surface area contributed by atoms with Crippen LogP contribution >= 0.6 is 0 Å². The van der Waals surface area contributed by atoms with Gasteiger partial charge in [0.1, 0.15) is 11.5 Å². The lowest BCUT2D eigenvalue weighted by molar-refractivity contribution is 0.102. The first-order valence-electron chi connectivity index (χ1n) is 9.82. The lowest BCUT2D eigenvalue weighted by Gasteiger charge is -2.33. The first-order valence-corrected chi connectivity index (χ1v) is 9.82. The van der Waals surface area contributed by atoms with E-state index in [1.165, 1.54) is 0 Å². The maximum Gasteiger partial charge on any atom is 0.274 e. The van der Waals surface area contributed by atoms with Crippen LogP contribution in [0.1, 0.15) is 16.1 Å². The van der Waals surface area contributed by atoms with E-state index in [2.05, 4.69) is 33.2 Å². The molecule has 2 heterocycles. The van der Waals surface area contributed by atoms with Gasteiger partial charge < -0.3 is 15.1 Å². The van der Waals surface area contributed by atoms with Gasteiger partial charge in [-0.2, -0.15) is 5.26 Å². The Balaban J connectivity index is 1.66. The molecule has 0 unspecified atom stereocenters. The van der Waals surface area contributed by atoms with Crippen LogP contribution < -0.4 is 10.2 Å². The molecule has 3 aromatic rings. The molecule has 0 atom stereocenters. The Labute approximate surface area is 175 Å². The molecule has 0 radical (unpaired) electrons. The van der Waals surface area contributed by atoms with E-state index in [-0.39, 0.29) is 5.91 Å². The monoisotopic (exact) mass is 398 g/mol. The number of carbonyl (C=O) groups is 1. The molecule has 0 aliphatic carbocycles. The normalized spacial score (nSPS) is 14.2. The average Bonchev–Trinajstić information content (AvgIpc) is 2.80. The Kier molecular flexibility index (Phi) is 5.68. The van der Waals surface area contributed by atoms with E-state index in [9.17, 15) is 4.79 Å². The second-order valence-corrected chi connectivity index (χ2v) is 7.23. The molecule has 2 aromatic carbocycles. The molecule has 0 bridgehead atoms. The number of likely N-dealkylation sites (N-methyl/N-ethyl adjacent to an activating group) is 1. The highest BCUT2D eigenvalue weighted by Gasteiger charge is 2.20. The minimum Gasteiger partial charge on any atom is -0.354 e. The third-order valence-corrected chi connectivity index (χ3v) is 5.08. The molecule has 1 fully saturated rings. The number of amides is 1. The van der Waals surface area contributed by atoms with E-state index in [1.54, 1.807) is 30.3 Å². The minimum absolute atomic E-state index is 0.308. The predicted octanol–water partition coefficient (Wildman–Crippen LogP) is 3.02. The quantitative estimate of drug-likeness (QED) is 0.727. The van der Waals surface area contributed by atoms with Crippen molar-refractivity contribution in [2.45, 2.75) is 0 Å². The van der Waals surface area contributed by atoms with Crippen LogP contribution in [0.15, 0.2) is 60.7 Å². The minimum atomic E-state index is -0.310. The number of nitrogens with zero attached hydrogens (tertiary/aromatic N) is 5. The Morgan fingerprint density at radius 1 is 1.00 bits per heavy atom. The zero-order valence-electron chi connectivity index (χ0n) is 16.7. The van der Waals surface area contributed by atoms with Crippen LogP contribution in [-0.4, -0.2) is 54.0 Å². The highest BCUT2D eigenvalue weighted by molar-refractivity contribution is 6.03. The van der Waals surface area contributed by atoms with Crippen LogP contribution in [0.2, 0.25) is 0 Å². The van der Waals surface area contributed by atoms with Crippen molar-refractivity contribution in [1.29, 1.82) is 5.26 Å². The predicted molar refractivity (Wildman–Crippen MR) is 116 cm³/mol. The fourth-order valence-electron chi connectivity index (χ4n) is 3.29. The summed E-state index contributed by atoms with van der Waals surface area (Å²) < 4.78 is 0. The Bertz CT molecular complexity index is 1070. The van der Waals surface area contributed by atoms with Crippen molar-refractivity contribution in [2.75, 3.05) is 43.4 Å². The van der Waals surface area contributed by atoms with E-state index in [0.717, 1.165) is 37.6 Å². The molecule has 1 aliphatic heterocycles. The number of nitrogens with one attached hydrogen (secondary N) is 1. The summed E-state index contributed by atoms with van der Waals surface area (Å²) in [5.74, 6) is 0.966. The van der Waals surface area contributed by atoms with Crippen molar-refractivity contribution >= 4 is 17.4 Å². The molecular weight excluding hydrogens is 376 g/mol. The van der Waals surface area contributed by atoms with Crippen LogP contribution in [0.5, 0.6) is 0 Å². The molecule has 1 N–H and O–H groups in total. The third kappa shape index (κ3) is 4.45. The van der Waals surface area contributed by atoms with Crippen LogP contribution in [-0.2, 0) is 0 Å². The number of aromatic nitrogens is 2. The van der Waals surface area contributed by atoms with Crippen molar-refractivity contribution in [3.05, 3.63) is 71.9 Å². The van der Waals surface area contributed by atoms with Gasteiger partial charge in [-0.1, -0.05) is 30.3 Å². The fraction of sp³-hybridized carbons (Fsp3) is 0.217. The average molecular weight is 398 g/mol. The van der Waals surface area contributed by atoms with Crippen molar-refractivity contribution in [1.82, 2.24) is 14.9 Å². The molecular formula is C23H22N6O. The number of anilines is 2. The topological polar surface area (TPSA) is 85.1 Å². The molecule has 1 amide bonds. The number of hydrogen-bond donors (Lipinski definition) is 1. The van der Waals surface area contributed by atoms with Gasteiger partial charge in [0.15, 0.2) is 5.82 Å². The molecule has 1 aliphatic rings. The summed E-state index contributed by atoms with van der Waals surface area (Å²) in [5, 5.41) is 11.8. The summed E-state index contributed by atoms with van der Waals surface area (Å²) >= 11 is 0. The van der Waals surface area contributed by atoms with Gasteiger partial charge >= 0.3 is 0 Å². The number of nitriles is 1. The van der Waals surface area contributed by atoms with Crippen LogP contribution in [0.25, 0.3) is 11.4 Å². The lowest BCUT2D eigenvalue weighted by atomic mass is 10.2. The van der Waals surface area contributed by atoms with Crippen LogP contribution in [0.3, 0.4) is 0 Å². The van der Waals surface area contributed by atoms with Gasteiger partial charge in [-0.25, -0.2) is 9.97 Å². The van der Waals surface area contributed by atoms with Gasteiger partial charge in [0, 0.05) is 43.5 Å². The Morgan fingerprint density at radius 3 is 2.37 bits per heavy atom. The first-order chi connectivity index (χ1) is 14.6. The standard InChI is InChI=1S/C23H22N6O/c1-28-11-13-29(14-12-28)21-15-20(26-22(27-21)18-5-3-2-4-6-18)23(30)25-19-9-7-17(16-24)8-10-19/h2-10,15H,11-14H2,1H3,(H,25,30). The summed E-state index contributed by atoms with van der Waals surface area (Å²) in [7, 11) is 2.10. The zero-order chi connectivity index (χ0) is 20.9. The maximum atomic E-state index is 12.9. The van der Waals surface area contributed by atoms with Gasteiger partial charge in [0.25, 0.3) is 5.91 Å². The van der Waals surface area contributed by atoms with Gasteiger partial charge in [-0.05, 0) is 31.3 Å². The largest absolute Gasteiger partial charge is 0.354 e. The fourth-order valence-corrected chi connectivity index (χ4v) is 3.29. The number of benzene rings is 2. The van der Waals surface area contributed by atoms with Gasteiger partial charge in [0.05, 0.1) is 11.6 Å². The molecule has 7 nitrogen and oxygen atoms in total. The van der Waals surface area contributed by atoms with E-state index in [0.29, 0.717) is 22.8 Å². The van der Waals surface area contributed by atoms with Gasteiger partial charge in [-0.3, -0.25) is 4.79 Å².